The van der Waals surface area contributed by atoms with E-state index in [4.69, 9.17) is 10.1 Å². The lowest BCUT2D eigenvalue weighted by Gasteiger charge is -2.19. The highest BCUT2D eigenvalue weighted by Crippen LogP contribution is 2.23. The number of nitrogens with zero attached hydrogens (tertiary/aromatic N) is 2. The normalized spacial score (nSPS) is 12.4. The molecule has 1 heterocycles. The van der Waals surface area contributed by atoms with Crippen molar-refractivity contribution >= 4 is 11.0 Å². The Morgan fingerprint density at radius 1 is 0.774 bits per heavy atom. The van der Waals surface area contributed by atoms with Gasteiger partial charge in [0.05, 0.1) is 30.2 Å². The van der Waals surface area contributed by atoms with Crippen LogP contribution in [0.25, 0.3) is 11.0 Å². The van der Waals surface area contributed by atoms with Gasteiger partial charge in [0.1, 0.15) is 0 Å². The quantitative estimate of drug-likeness (QED) is 0.437. The van der Waals surface area contributed by atoms with Crippen molar-refractivity contribution in [2.75, 3.05) is 13.7 Å². The number of nitrogens with one attached hydrogen (secondary N) is 1. The molecule has 0 amide bonds. The number of benzene rings is 3. The molecule has 1 N–H and O–H groups in total. The molecule has 0 saturated carbocycles. The Hall–Kier alpha value is -3.11. The highest BCUT2D eigenvalue weighted by molar-refractivity contribution is 5.77. The number of aryl methyl sites for hydroxylation is 3. The molecule has 0 fully saturated rings. The molecule has 3 aromatic carbocycles. The van der Waals surface area contributed by atoms with E-state index in [0.717, 1.165) is 17.5 Å². The third-order valence-corrected chi connectivity index (χ3v) is 5.94. The van der Waals surface area contributed by atoms with Gasteiger partial charge >= 0.3 is 0 Å². The SMILES string of the molecule is COCC(Cc1ccc(C)cc1)n1c(=N)n(Cc2ccc(C)cc2)c2ccc(C)cc21. The van der Waals surface area contributed by atoms with Crippen molar-refractivity contribution in [2.45, 2.75) is 39.8 Å². The second-order valence-corrected chi connectivity index (χ2v) is 8.56. The largest absolute Gasteiger partial charge is 0.383 e. The summed E-state index contributed by atoms with van der Waals surface area (Å²) in [5.74, 6) is 0. The number of imidazole rings is 1. The molecule has 1 atom stereocenters. The Bertz CT molecular complexity index is 1230. The molecule has 4 nitrogen and oxygen atoms in total. The van der Waals surface area contributed by atoms with Crippen molar-refractivity contribution in [1.29, 1.82) is 5.41 Å². The zero-order chi connectivity index (χ0) is 22.0. The summed E-state index contributed by atoms with van der Waals surface area (Å²) in [6.07, 6.45) is 0.822. The molecule has 4 aromatic rings. The lowest BCUT2D eigenvalue weighted by molar-refractivity contribution is 0.154. The highest BCUT2D eigenvalue weighted by atomic mass is 16.5. The lowest BCUT2D eigenvalue weighted by Crippen LogP contribution is -2.31. The summed E-state index contributed by atoms with van der Waals surface area (Å²) in [5.41, 5.74) is 8.84. The van der Waals surface area contributed by atoms with Gasteiger partial charge < -0.3 is 13.9 Å². The van der Waals surface area contributed by atoms with Crippen molar-refractivity contribution in [3.63, 3.8) is 0 Å². The predicted molar refractivity (Wildman–Crippen MR) is 127 cm³/mol. The minimum Gasteiger partial charge on any atom is -0.383 e. The van der Waals surface area contributed by atoms with Gasteiger partial charge in [-0.05, 0) is 56.0 Å². The summed E-state index contributed by atoms with van der Waals surface area (Å²) in [5, 5.41) is 9.12. The van der Waals surface area contributed by atoms with E-state index in [1.807, 2.05) is 0 Å². The van der Waals surface area contributed by atoms with Crippen LogP contribution in [0.3, 0.4) is 0 Å². The van der Waals surface area contributed by atoms with Gasteiger partial charge in [-0.2, -0.15) is 0 Å². The van der Waals surface area contributed by atoms with E-state index < -0.39 is 0 Å². The number of hydrogen-bond acceptors (Lipinski definition) is 2. The van der Waals surface area contributed by atoms with Crippen molar-refractivity contribution in [1.82, 2.24) is 9.13 Å². The Balaban J connectivity index is 1.82. The van der Waals surface area contributed by atoms with E-state index in [2.05, 4.69) is 96.6 Å². The summed E-state index contributed by atoms with van der Waals surface area (Å²) in [7, 11) is 1.74. The van der Waals surface area contributed by atoms with Crippen LogP contribution >= 0.6 is 0 Å². The topological polar surface area (TPSA) is 42.9 Å². The van der Waals surface area contributed by atoms with Crippen LogP contribution in [0.15, 0.2) is 66.7 Å². The average Bonchev–Trinajstić information content (AvgIpc) is 3.01. The van der Waals surface area contributed by atoms with E-state index in [-0.39, 0.29) is 6.04 Å². The summed E-state index contributed by atoms with van der Waals surface area (Å²) in [4.78, 5) is 0. The molecule has 31 heavy (non-hydrogen) atoms. The molecule has 1 unspecified atom stereocenters. The van der Waals surface area contributed by atoms with Crippen molar-refractivity contribution in [2.24, 2.45) is 0 Å². The van der Waals surface area contributed by atoms with Crippen LogP contribution in [0.2, 0.25) is 0 Å². The smallest absolute Gasteiger partial charge is 0.203 e. The number of methoxy groups -OCH3 is 1. The number of rotatable bonds is 7. The van der Waals surface area contributed by atoms with Gasteiger partial charge in [0.2, 0.25) is 5.62 Å². The first-order chi connectivity index (χ1) is 15.0. The van der Waals surface area contributed by atoms with Crippen molar-refractivity contribution in [3.05, 3.63) is 100 Å². The molecule has 0 aliphatic heterocycles. The van der Waals surface area contributed by atoms with E-state index >= 15 is 0 Å². The molecule has 0 saturated heterocycles. The van der Waals surface area contributed by atoms with E-state index in [1.54, 1.807) is 7.11 Å². The van der Waals surface area contributed by atoms with Crippen LogP contribution in [0, 0.1) is 26.2 Å². The van der Waals surface area contributed by atoms with Crippen molar-refractivity contribution in [3.8, 4) is 0 Å². The first-order valence-electron chi connectivity index (χ1n) is 10.8. The lowest BCUT2D eigenvalue weighted by atomic mass is 10.0. The molecule has 1 aromatic heterocycles. The molecular formula is C27H31N3O. The Labute approximate surface area is 184 Å². The highest BCUT2D eigenvalue weighted by Gasteiger charge is 2.20. The van der Waals surface area contributed by atoms with E-state index in [9.17, 15) is 0 Å². The number of fused-ring (bicyclic) bond motifs is 1. The van der Waals surface area contributed by atoms with Crippen molar-refractivity contribution < 1.29 is 4.74 Å². The minimum absolute atomic E-state index is 0.0452. The van der Waals surface area contributed by atoms with Gasteiger partial charge in [-0.25, -0.2) is 0 Å². The van der Waals surface area contributed by atoms with Crippen LogP contribution in [0.1, 0.15) is 33.9 Å². The van der Waals surface area contributed by atoms with Crippen LogP contribution in [0.4, 0.5) is 0 Å². The maximum atomic E-state index is 9.12. The van der Waals surface area contributed by atoms with Gasteiger partial charge in [-0.3, -0.25) is 5.41 Å². The summed E-state index contributed by atoms with van der Waals surface area (Å²) in [6, 6.07) is 23.7. The van der Waals surface area contributed by atoms with E-state index in [1.165, 1.54) is 27.8 Å². The zero-order valence-corrected chi connectivity index (χ0v) is 18.9. The van der Waals surface area contributed by atoms with Crippen LogP contribution in [-0.4, -0.2) is 22.9 Å². The molecule has 0 spiro atoms. The maximum absolute atomic E-state index is 9.12. The van der Waals surface area contributed by atoms with Crippen LogP contribution < -0.4 is 5.62 Å². The fourth-order valence-corrected chi connectivity index (χ4v) is 4.23. The van der Waals surface area contributed by atoms with Gasteiger partial charge in [0, 0.05) is 7.11 Å². The molecule has 0 bridgehead atoms. The van der Waals surface area contributed by atoms with Crippen LogP contribution in [0.5, 0.6) is 0 Å². The molecule has 0 radical (unpaired) electrons. The Kier molecular flexibility index (Phi) is 6.10. The number of hydrogen-bond donors (Lipinski definition) is 1. The number of ether oxygens (including phenoxy) is 1. The maximum Gasteiger partial charge on any atom is 0.203 e. The third kappa shape index (κ3) is 4.49. The molecular weight excluding hydrogens is 382 g/mol. The van der Waals surface area contributed by atoms with Gasteiger partial charge in [0.15, 0.2) is 0 Å². The second kappa shape index (κ2) is 8.94. The van der Waals surface area contributed by atoms with Gasteiger partial charge in [-0.1, -0.05) is 65.7 Å². The monoisotopic (exact) mass is 413 g/mol. The molecule has 4 rings (SSSR count). The predicted octanol–water partition coefficient (Wildman–Crippen LogP) is 5.33. The zero-order valence-electron chi connectivity index (χ0n) is 18.9. The first-order valence-corrected chi connectivity index (χ1v) is 10.8. The molecule has 4 heteroatoms. The second-order valence-electron chi connectivity index (χ2n) is 8.56. The molecule has 0 aliphatic carbocycles. The summed E-state index contributed by atoms with van der Waals surface area (Å²) >= 11 is 0. The number of aromatic nitrogens is 2. The summed E-state index contributed by atoms with van der Waals surface area (Å²) in [6.45, 7) is 7.55. The first kappa shape index (κ1) is 21.1. The van der Waals surface area contributed by atoms with Gasteiger partial charge in [0.25, 0.3) is 0 Å². The Morgan fingerprint density at radius 2 is 1.35 bits per heavy atom. The Morgan fingerprint density at radius 3 is 1.97 bits per heavy atom. The fourth-order valence-electron chi connectivity index (χ4n) is 4.23. The third-order valence-electron chi connectivity index (χ3n) is 5.94. The fraction of sp³-hybridized carbons (Fsp3) is 0.296. The van der Waals surface area contributed by atoms with E-state index in [0.29, 0.717) is 18.8 Å². The summed E-state index contributed by atoms with van der Waals surface area (Å²) < 4.78 is 9.88. The average molecular weight is 414 g/mol. The standard InChI is InChI=1S/C27H31N3O/c1-19-5-10-22(11-6-19)16-24(18-31-4)30-26-15-21(3)9-14-25(26)29(27(30)28)17-23-12-7-20(2)8-13-23/h5-15,24,28H,16-18H2,1-4H3. The van der Waals surface area contributed by atoms with Crippen LogP contribution in [-0.2, 0) is 17.7 Å². The van der Waals surface area contributed by atoms with Gasteiger partial charge in [-0.15, -0.1) is 0 Å². The molecule has 160 valence electrons. The minimum atomic E-state index is 0.0452. The molecule has 0 aliphatic rings.